The van der Waals surface area contributed by atoms with E-state index in [2.05, 4.69) is 5.32 Å². The Balaban J connectivity index is 1.98. The Morgan fingerprint density at radius 1 is 1.22 bits per heavy atom. The summed E-state index contributed by atoms with van der Waals surface area (Å²) in [5.74, 6) is 0.657. The highest BCUT2D eigenvalue weighted by Crippen LogP contribution is 2.19. The molecule has 7 nitrogen and oxygen atoms in total. The second-order valence-electron chi connectivity index (χ2n) is 7.93. The number of carbonyl (C=O) groups excluding carboxylic acids is 1. The molecule has 1 aromatic rings. The fourth-order valence-electron chi connectivity index (χ4n) is 3.13. The number of carbonyl (C=O) groups is 1. The van der Waals surface area contributed by atoms with Crippen LogP contribution < -0.4 is 15.0 Å². The standard InChI is InChI=1S/C19H31N3O4S/c1-6-26-16-7-9-17(10-8-16)27(24,25)22-13-11-21(12-14-22)15(2)18(23)20-19(3,4)5/h7-10,15H,6,11-14H2,1-5H3,(H,20,23)/p+1/t15-/m1/s1. The normalized spacial score (nSPS) is 18.1. The van der Waals surface area contributed by atoms with Gasteiger partial charge < -0.3 is 15.0 Å². The number of quaternary nitrogens is 1. The average molecular weight is 399 g/mol. The molecular weight excluding hydrogens is 366 g/mol. The van der Waals surface area contributed by atoms with E-state index in [1.807, 2.05) is 34.6 Å². The van der Waals surface area contributed by atoms with Crippen LogP contribution in [0.4, 0.5) is 0 Å². The first-order valence-electron chi connectivity index (χ1n) is 9.44. The van der Waals surface area contributed by atoms with Crippen LogP contribution in [0.5, 0.6) is 5.75 Å². The summed E-state index contributed by atoms with van der Waals surface area (Å²) in [4.78, 5) is 13.7. The maximum absolute atomic E-state index is 12.9. The van der Waals surface area contributed by atoms with Crippen LogP contribution in [0, 0.1) is 0 Å². The van der Waals surface area contributed by atoms with Gasteiger partial charge in [-0.2, -0.15) is 4.31 Å². The van der Waals surface area contributed by atoms with Gasteiger partial charge in [-0.1, -0.05) is 0 Å². The third-order valence-corrected chi connectivity index (χ3v) is 6.55. The van der Waals surface area contributed by atoms with E-state index >= 15 is 0 Å². The summed E-state index contributed by atoms with van der Waals surface area (Å²) in [6.45, 7) is 12.2. The Morgan fingerprint density at radius 3 is 2.26 bits per heavy atom. The summed E-state index contributed by atoms with van der Waals surface area (Å²) in [5, 5.41) is 3.00. The zero-order valence-corrected chi connectivity index (χ0v) is 17.7. The Labute approximate surface area is 162 Å². The van der Waals surface area contributed by atoms with E-state index < -0.39 is 10.0 Å². The SMILES string of the molecule is CCOc1ccc(S(=O)(=O)N2CC[NH+]([C@H](C)C(=O)NC(C)(C)C)CC2)cc1. The van der Waals surface area contributed by atoms with Crippen LogP contribution in [0.1, 0.15) is 34.6 Å². The predicted molar refractivity (Wildman–Crippen MR) is 104 cm³/mol. The maximum atomic E-state index is 12.9. The molecule has 2 N–H and O–H groups in total. The van der Waals surface area contributed by atoms with E-state index in [-0.39, 0.29) is 22.4 Å². The quantitative estimate of drug-likeness (QED) is 0.721. The molecule has 1 atom stereocenters. The van der Waals surface area contributed by atoms with Crippen molar-refractivity contribution in [2.24, 2.45) is 0 Å². The van der Waals surface area contributed by atoms with Crippen molar-refractivity contribution in [3.8, 4) is 5.75 Å². The van der Waals surface area contributed by atoms with Gasteiger partial charge in [-0.3, -0.25) is 4.79 Å². The Bertz CT molecular complexity index is 733. The highest BCUT2D eigenvalue weighted by atomic mass is 32.2. The molecule has 0 bridgehead atoms. The van der Waals surface area contributed by atoms with Gasteiger partial charge in [-0.25, -0.2) is 8.42 Å². The van der Waals surface area contributed by atoms with Gasteiger partial charge in [0, 0.05) is 5.54 Å². The van der Waals surface area contributed by atoms with Crippen LogP contribution in [0.15, 0.2) is 29.2 Å². The van der Waals surface area contributed by atoms with Crippen molar-refractivity contribution in [2.75, 3.05) is 32.8 Å². The monoisotopic (exact) mass is 398 g/mol. The Hall–Kier alpha value is -1.64. The smallest absolute Gasteiger partial charge is 0.278 e. The molecule has 1 amide bonds. The van der Waals surface area contributed by atoms with E-state index in [4.69, 9.17) is 4.74 Å². The Morgan fingerprint density at radius 2 is 1.78 bits per heavy atom. The van der Waals surface area contributed by atoms with E-state index in [0.29, 0.717) is 38.5 Å². The molecule has 0 saturated carbocycles. The lowest BCUT2D eigenvalue weighted by molar-refractivity contribution is -0.917. The molecule has 1 fully saturated rings. The number of amides is 1. The lowest BCUT2D eigenvalue weighted by atomic mass is 10.1. The van der Waals surface area contributed by atoms with Gasteiger partial charge in [-0.05, 0) is 58.9 Å². The molecule has 0 spiro atoms. The first kappa shape index (κ1) is 21.7. The molecule has 0 aliphatic carbocycles. The van der Waals surface area contributed by atoms with Crippen molar-refractivity contribution < 1.29 is 22.8 Å². The van der Waals surface area contributed by atoms with Gasteiger partial charge in [0.1, 0.15) is 5.75 Å². The van der Waals surface area contributed by atoms with Gasteiger partial charge in [-0.15, -0.1) is 0 Å². The molecule has 0 aromatic heterocycles. The lowest BCUT2D eigenvalue weighted by Crippen LogP contribution is -3.19. The highest BCUT2D eigenvalue weighted by molar-refractivity contribution is 7.89. The largest absolute Gasteiger partial charge is 0.494 e. The summed E-state index contributed by atoms with van der Waals surface area (Å²) in [5.41, 5.74) is -0.274. The molecule has 0 unspecified atom stereocenters. The second-order valence-corrected chi connectivity index (χ2v) is 9.87. The van der Waals surface area contributed by atoms with Crippen LogP contribution in [-0.2, 0) is 14.8 Å². The number of nitrogens with one attached hydrogen (secondary N) is 2. The molecular formula is C19H32N3O4S+. The van der Waals surface area contributed by atoms with Crippen LogP contribution in [0.2, 0.25) is 0 Å². The van der Waals surface area contributed by atoms with E-state index in [9.17, 15) is 13.2 Å². The second kappa shape index (κ2) is 8.58. The number of rotatable bonds is 6. The zero-order valence-electron chi connectivity index (χ0n) is 16.9. The van der Waals surface area contributed by atoms with Crippen LogP contribution >= 0.6 is 0 Å². The third-order valence-electron chi connectivity index (χ3n) is 4.64. The molecule has 1 saturated heterocycles. The minimum atomic E-state index is -3.53. The van der Waals surface area contributed by atoms with Gasteiger partial charge in [0.25, 0.3) is 5.91 Å². The number of ether oxygens (including phenoxy) is 1. The van der Waals surface area contributed by atoms with Crippen molar-refractivity contribution in [2.45, 2.75) is 51.1 Å². The molecule has 1 heterocycles. The molecule has 8 heteroatoms. The minimum absolute atomic E-state index is 0.000296. The molecule has 27 heavy (non-hydrogen) atoms. The molecule has 1 aromatic carbocycles. The predicted octanol–water partition coefficient (Wildman–Crippen LogP) is 0.278. The zero-order chi connectivity index (χ0) is 20.2. The molecule has 0 radical (unpaired) electrons. The van der Waals surface area contributed by atoms with E-state index in [1.54, 1.807) is 24.3 Å². The number of hydrogen-bond acceptors (Lipinski definition) is 4. The van der Waals surface area contributed by atoms with Gasteiger partial charge >= 0.3 is 0 Å². The summed E-state index contributed by atoms with van der Waals surface area (Å²) < 4.78 is 32.6. The highest BCUT2D eigenvalue weighted by Gasteiger charge is 2.35. The van der Waals surface area contributed by atoms with Gasteiger partial charge in [0.2, 0.25) is 10.0 Å². The fraction of sp³-hybridized carbons (Fsp3) is 0.632. The van der Waals surface area contributed by atoms with Crippen molar-refractivity contribution in [1.82, 2.24) is 9.62 Å². The topological polar surface area (TPSA) is 80.2 Å². The molecule has 152 valence electrons. The molecule has 1 aliphatic heterocycles. The number of benzene rings is 1. The summed E-state index contributed by atoms with van der Waals surface area (Å²) >= 11 is 0. The summed E-state index contributed by atoms with van der Waals surface area (Å²) in [6.07, 6.45) is 0. The lowest BCUT2D eigenvalue weighted by Gasteiger charge is -2.35. The number of hydrogen-bond donors (Lipinski definition) is 2. The van der Waals surface area contributed by atoms with Crippen molar-refractivity contribution in [3.05, 3.63) is 24.3 Å². The van der Waals surface area contributed by atoms with Crippen LogP contribution in [-0.4, -0.2) is 63.0 Å². The van der Waals surface area contributed by atoms with Crippen LogP contribution in [0.25, 0.3) is 0 Å². The number of nitrogens with zero attached hydrogens (tertiary/aromatic N) is 1. The van der Waals surface area contributed by atoms with Gasteiger partial charge in [0.15, 0.2) is 6.04 Å². The van der Waals surface area contributed by atoms with Crippen LogP contribution in [0.3, 0.4) is 0 Å². The first-order chi connectivity index (χ1) is 12.5. The Kier molecular flexibility index (Phi) is 6.88. The number of piperazine rings is 1. The molecule has 2 rings (SSSR count). The van der Waals surface area contributed by atoms with E-state index in [0.717, 1.165) is 4.90 Å². The third kappa shape index (κ3) is 5.67. The summed E-state index contributed by atoms with van der Waals surface area (Å²) in [7, 11) is -3.53. The first-order valence-corrected chi connectivity index (χ1v) is 10.9. The summed E-state index contributed by atoms with van der Waals surface area (Å²) in [6, 6.07) is 6.31. The number of sulfonamides is 1. The average Bonchev–Trinajstić information content (AvgIpc) is 2.60. The van der Waals surface area contributed by atoms with Crippen molar-refractivity contribution in [3.63, 3.8) is 0 Å². The molecule has 1 aliphatic rings. The van der Waals surface area contributed by atoms with Crippen molar-refractivity contribution >= 4 is 15.9 Å². The maximum Gasteiger partial charge on any atom is 0.278 e. The van der Waals surface area contributed by atoms with Crippen molar-refractivity contribution in [1.29, 1.82) is 0 Å². The fourth-order valence-corrected chi connectivity index (χ4v) is 4.58. The van der Waals surface area contributed by atoms with Gasteiger partial charge in [0.05, 0.1) is 37.7 Å². The minimum Gasteiger partial charge on any atom is -0.494 e. The van der Waals surface area contributed by atoms with E-state index in [1.165, 1.54) is 4.31 Å².